The van der Waals surface area contributed by atoms with Gasteiger partial charge in [0.05, 0.1) is 11.8 Å². The van der Waals surface area contributed by atoms with Gasteiger partial charge in [0.2, 0.25) is 15.1 Å². The molecule has 0 radical (unpaired) electrons. The minimum absolute atomic E-state index is 0.0851. The number of carbonyl (C=O) groups is 1. The highest BCUT2D eigenvalue weighted by molar-refractivity contribution is 7.93. The fraction of sp³-hybridized carbons (Fsp3) is 0.294. The van der Waals surface area contributed by atoms with Crippen LogP contribution in [0.1, 0.15) is 36.1 Å². The molecule has 1 unspecified atom stereocenters. The predicted molar refractivity (Wildman–Crippen MR) is 99.6 cm³/mol. The lowest BCUT2D eigenvalue weighted by Gasteiger charge is -2.16. The number of alkyl halides is 3. The van der Waals surface area contributed by atoms with E-state index in [1.807, 2.05) is 0 Å². The zero-order valence-electron chi connectivity index (χ0n) is 14.7. The van der Waals surface area contributed by atoms with Crippen LogP contribution in [0.4, 0.5) is 18.3 Å². The summed E-state index contributed by atoms with van der Waals surface area (Å²) in [4.78, 5) is 15.3. The van der Waals surface area contributed by atoms with Crippen molar-refractivity contribution in [1.29, 1.82) is 0 Å². The van der Waals surface area contributed by atoms with E-state index in [0.29, 0.717) is 6.42 Å². The number of nitrogens with zero attached hydrogens (tertiary/aromatic N) is 1. The molecular formula is C17H17F3N2O4S2. The molecule has 1 atom stereocenters. The number of esters is 1. The molecule has 6 nitrogen and oxygen atoms in total. The number of anilines is 1. The maximum Gasteiger partial charge on any atom is 0.416 e. The summed E-state index contributed by atoms with van der Waals surface area (Å²) >= 11 is 0.786. The molecule has 1 N–H and O–H groups in total. The molecule has 0 spiro atoms. The summed E-state index contributed by atoms with van der Waals surface area (Å²) in [6.45, 7) is 5.22. The van der Waals surface area contributed by atoms with E-state index in [0.717, 1.165) is 35.6 Å². The molecule has 0 bridgehead atoms. The lowest BCUT2D eigenvalue weighted by Crippen LogP contribution is -2.20. The van der Waals surface area contributed by atoms with Gasteiger partial charge in [-0.2, -0.15) is 13.2 Å². The number of thiazole rings is 1. The summed E-state index contributed by atoms with van der Waals surface area (Å²) in [5, 5.41) is -1.42. The molecule has 0 aliphatic rings. The van der Waals surface area contributed by atoms with E-state index in [2.05, 4.69) is 16.3 Å². The molecule has 0 aliphatic carbocycles. The number of hydrogen-bond donors (Lipinski definition) is 1. The van der Waals surface area contributed by atoms with Crippen LogP contribution in [0.15, 0.2) is 43.1 Å². The molecule has 0 fully saturated rings. The molecule has 0 saturated heterocycles. The fourth-order valence-corrected chi connectivity index (χ4v) is 4.47. The summed E-state index contributed by atoms with van der Waals surface area (Å²) < 4.78 is 71.1. The molecule has 11 heteroatoms. The lowest BCUT2D eigenvalue weighted by atomic mass is 10.1. The summed E-state index contributed by atoms with van der Waals surface area (Å²) in [5.41, 5.74) is -1.06. The van der Waals surface area contributed by atoms with Crippen LogP contribution >= 0.6 is 11.3 Å². The maximum atomic E-state index is 12.9. The number of aromatic nitrogens is 1. The van der Waals surface area contributed by atoms with E-state index in [1.54, 1.807) is 6.92 Å². The van der Waals surface area contributed by atoms with Crippen molar-refractivity contribution in [3.05, 3.63) is 54.2 Å². The van der Waals surface area contributed by atoms with Crippen LogP contribution in [0.3, 0.4) is 0 Å². The third-order valence-electron chi connectivity index (χ3n) is 3.47. The number of ether oxygens (including phenoxy) is 1. The highest BCUT2D eigenvalue weighted by Gasteiger charge is 2.33. The zero-order valence-corrected chi connectivity index (χ0v) is 16.3. The lowest BCUT2D eigenvalue weighted by molar-refractivity contribution is -0.137. The van der Waals surface area contributed by atoms with Crippen molar-refractivity contribution in [2.45, 2.75) is 31.2 Å². The minimum atomic E-state index is -4.61. The van der Waals surface area contributed by atoms with Gasteiger partial charge in [0.15, 0.2) is 5.13 Å². The van der Waals surface area contributed by atoms with Gasteiger partial charge < -0.3 is 4.74 Å². The van der Waals surface area contributed by atoms with Gasteiger partial charge in [0, 0.05) is 6.42 Å². The van der Waals surface area contributed by atoms with Crippen LogP contribution in [-0.4, -0.2) is 19.4 Å². The largest absolute Gasteiger partial charge is 0.416 e. The van der Waals surface area contributed by atoms with E-state index in [-0.39, 0.29) is 22.2 Å². The van der Waals surface area contributed by atoms with Gasteiger partial charge in [-0.25, -0.2) is 13.4 Å². The number of carbonyl (C=O) groups excluding carboxylic acids is 1. The van der Waals surface area contributed by atoms with Crippen LogP contribution in [-0.2, 0) is 21.0 Å². The van der Waals surface area contributed by atoms with E-state index >= 15 is 0 Å². The Labute approximate surface area is 164 Å². The second-order valence-corrected chi connectivity index (χ2v) is 8.43. The van der Waals surface area contributed by atoms with E-state index in [4.69, 9.17) is 4.74 Å². The number of hydrogen-bond acceptors (Lipinski definition) is 6. The van der Waals surface area contributed by atoms with Gasteiger partial charge in [-0.1, -0.05) is 42.5 Å². The molecule has 2 rings (SSSR count). The molecule has 0 saturated carbocycles. The monoisotopic (exact) mass is 434 g/mol. The van der Waals surface area contributed by atoms with Gasteiger partial charge in [0.25, 0.3) is 0 Å². The van der Waals surface area contributed by atoms with Gasteiger partial charge in [-0.05, 0) is 18.1 Å². The molecule has 2 aromatic rings. The average Bonchev–Trinajstić information content (AvgIpc) is 3.01. The van der Waals surface area contributed by atoms with E-state index < -0.39 is 33.0 Å². The second-order valence-electron chi connectivity index (χ2n) is 5.64. The van der Waals surface area contributed by atoms with Crippen molar-refractivity contribution in [2.24, 2.45) is 0 Å². The van der Waals surface area contributed by atoms with Crippen LogP contribution in [0, 0.1) is 0 Å². The number of sulfonamides is 1. The van der Waals surface area contributed by atoms with Crippen molar-refractivity contribution in [3.8, 4) is 5.06 Å². The summed E-state index contributed by atoms with van der Waals surface area (Å²) in [7, 11) is -4.19. The Kier molecular flexibility index (Phi) is 6.83. The van der Waals surface area contributed by atoms with Gasteiger partial charge in [-0.15, -0.1) is 6.58 Å². The van der Waals surface area contributed by atoms with Crippen molar-refractivity contribution < 1.29 is 31.1 Å². The minimum Gasteiger partial charge on any atom is -0.414 e. The van der Waals surface area contributed by atoms with Crippen molar-refractivity contribution >= 4 is 32.5 Å². The molecular weight excluding hydrogens is 417 g/mol. The average molecular weight is 434 g/mol. The zero-order chi connectivity index (χ0) is 20.9. The molecule has 28 heavy (non-hydrogen) atoms. The summed E-state index contributed by atoms with van der Waals surface area (Å²) in [5.74, 6) is -0.478. The second kappa shape index (κ2) is 8.74. The van der Waals surface area contributed by atoms with Crippen molar-refractivity contribution in [2.75, 3.05) is 4.72 Å². The fourth-order valence-electron chi connectivity index (χ4n) is 2.24. The first-order valence-electron chi connectivity index (χ1n) is 8.04. The van der Waals surface area contributed by atoms with Gasteiger partial charge in [0.1, 0.15) is 5.25 Å². The number of rotatable bonds is 8. The molecule has 0 amide bonds. The number of benzene rings is 1. The summed E-state index contributed by atoms with van der Waals surface area (Å²) in [6, 6.07) is 3.99. The Morgan fingerprint density at radius 2 is 2.14 bits per heavy atom. The number of nitrogens with one attached hydrogen (secondary N) is 1. The molecule has 1 aromatic heterocycles. The third kappa shape index (κ3) is 5.55. The third-order valence-corrected chi connectivity index (χ3v) is 6.00. The van der Waals surface area contributed by atoms with Gasteiger partial charge in [-0.3, -0.25) is 9.52 Å². The highest BCUT2D eigenvalue weighted by atomic mass is 32.2. The Bertz CT molecular complexity index is 955. The molecule has 1 aromatic carbocycles. The van der Waals surface area contributed by atoms with Crippen molar-refractivity contribution in [3.63, 3.8) is 0 Å². The summed E-state index contributed by atoms with van der Waals surface area (Å²) in [6.07, 6.45) is -1.61. The standard InChI is InChI=1S/C17H17F3N2O4S2/c1-3-6-14(23)26-15-10-21-16(27-15)22-28(24,25)13(4-2)11-7-5-8-12(9-11)17(18,19)20/h4-5,7-10,13H,2-3,6H2,1H3,(H,21,22). The van der Waals surface area contributed by atoms with Crippen LogP contribution in [0.25, 0.3) is 0 Å². The maximum absolute atomic E-state index is 12.9. The first-order valence-corrected chi connectivity index (χ1v) is 10.4. The van der Waals surface area contributed by atoms with Crippen molar-refractivity contribution in [1.82, 2.24) is 4.98 Å². The Balaban J connectivity index is 2.22. The Hall–Kier alpha value is -2.40. The Morgan fingerprint density at radius 1 is 1.43 bits per heavy atom. The topological polar surface area (TPSA) is 85.4 Å². The first-order chi connectivity index (χ1) is 13.1. The smallest absolute Gasteiger partial charge is 0.414 e. The molecule has 152 valence electrons. The quantitative estimate of drug-likeness (QED) is 0.487. The van der Waals surface area contributed by atoms with Crippen LogP contribution in [0.2, 0.25) is 0 Å². The van der Waals surface area contributed by atoms with Crippen LogP contribution < -0.4 is 9.46 Å². The molecule has 1 heterocycles. The SMILES string of the molecule is C=CC(c1cccc(C(F)(F)F)c1)S(=O)(=O)Nc1ncc(OC(=O)CCC)s1. The molecule has 0 aliphatic heterocycles. The normalized spacial score (nSPS) is 13.0. The first kappa shape index (κ1) is 21.9. The van der Waals surface area contributed by atoms with E-state index in [9.17, 15) is 26.4 Å². The highest BCUT2D eigenvalue weighted by Crippen LogP contribution is 2.34. The number of halogens is 3. The van der Waals surface area contributed by atoms with E-state index in [1.165, 1.54) is 12.3 Å². The Morgan fingerprint density at radius 3 is 2.75 bits per heavy atom. The predicted octanol–water partition coefficient (Wildman–Crippen LogP) is 4.54. The van der Waals surface area contributed by atoms with Crippen LogP contribution in [0.5, 0.6) is 5.06 Å². The van der Waals surface area contributed by atoms with Gasteiger partial charge >= 0.3 is 12.1 Å².